The van der Waals surface area contributed by atoms with E-state index >= 15 is 0 Å². The molecule has 6 heteroatoms. The van der Waals surface area contributed by atoms with Crippen LogP contribution >= 0.6 is 23.2 Å². The molecule has 1 saturated carbocycles. The largest absolute Gasteiger partial charge is 0.309 e. The standard InChI is InChI=1S/C19H17Cl2N3O/c1-12-8-9-14-22-15(13-6-4-3-5-7-13)16(24(14)10-12)23-17(25)18(2)11-19(18,20)21/h3-10H,11H2,1-2H3,(H,23,25)/t18-/m1/s1. The van der Waals surface area contributed by atoms with Gasteiger partial charge in [-0.3, -0.25) is 9.20 Å². The van der Waals surface area contributed by atoms with Gasteiger partial charge in [0.05, 0.1) is 5.41 Å². The summed E-state index contributed by atoms with van der Waals surface area (Å²) in [6, 6.07) is 13.7. The molecular formula is C19H17Cl2N3O. The molecule has 3 aromatic rings. The number of carbonyl (C=O) groups excluding carboxylic acids is 1. The molecule has 1 aromatic carbocycles. The van der Waals surface area contributed by atoms with Gasteiger partial charge >= 0.3 is 0 Å². The number of anilines is 1. The number of pyridine rings is 1. The fraction of sp³-hybridized carbons (Fsp3) is 0.263. The van der Waals surface area contributed by atoms with E-state index in [1.165, 1.54) is 0 Å². The normalized spacial score (nSPS) is 21.3. The number of rotatable bonds is 3. The van der Waals surface area contributed by atoms with E-state index in [4.69, 9.17) is 28.2 Å². The number of halogens is 2. The summed E-state index contributed by atoms with van der Waals surface area (Å²) in [5.41, 5.74) is 2.70. The molecule has 0 radical (unpaired) electrons. The van der Waals surface area contributed by atoms with Gasteiger partial charge in [-0.1, -0.05) is 36.4 Å². The summed E-state index contributed by atoms with van der Waals surface area (Å²) in [6.07, 6.45) is 2.39. The maximum Gasteiger partial charge on any atom is 0.234 e. The SMILES string of the molecule is Cc1ccc2nc(-c3ccccc3)c(NC(=O)[C@@]3(C)CC3(Cl)Cl)n2c1. The van der Waals surface area contributed by atoms with E-state index in [1.807, 2.05) is 60.0 Å². The molecule has 1 aliphatic rings. The van der Waals surface area contributed by atoms with Gasteiger partial charge in [-0.25, -0.2) is 4.98 Å². The number of aryl methyl sites for hydroxylation is 1. The van der Waals surface area contributed by atoms with Gasteiger partial charge in [0.2, 0.25) is 5.91 Å². The number of fused-ring (bicyclic) bond motifs is 1. The number of benzene rings is 1. The third-order valence-corrected chi connectivity index (χ3v) is 5.91. The monoisotopic (exact) mass is 373 g/mol. The zero-order valence-electron chi connectivity index (χ0n) is 13.9. The second kappa shape index (κ2) is 5.48. The predicted molar refractivity (Wildman–Crippen MR) is 101 cm³/mol. The van der Waals surface area contributed by atoms with Crippen LogP contribution in [-0.4, -0.2) is 19.6 Å². The van der Waals surface area contributed by atoms with Crippen molar-refractivity contribution in [3.8, 4) is 11.3 Å². The number of alkyl halides is 2. The van der Waals surface area contributed by atoms with Gasteiger partial charge in [0.25, 0.3) is 0 Å². The van der Waals surface area contributed by atoms with Gasteiger partial charge in [0, 0.05) is 11.8 Å². The highest BCUT2D eigenvalue weighted by Crippen LogP contribution is 2.64. The van der Waals surface area contributed by atoms with Crippen LogP contribution in [0.5, 0.6) is 0 Å². The van der Waals surface area contributed by atoms with Crippen LogP contribution in [0.15, 0.2) is 48.7 Å². The van der Waals surface area contributed by atoms with Gasteiger partial charge < -0.3 is 5.32 Å². The van der Waals surface area contributed by atoms with E-state index in [-0.39, 0.29) is 5.91 Å². The van der Waals surface area contributed by atoms with Crippen molar-refractivity contribution in [3.05, 3.63) is 54.2 Å². The van der Waals surface area contributed by atoms with E-state index in [2.05, 4.69) is 5.32 Å². The fourth-order valence-electron chi connectivity index (χ4n) is 2.96. The Morgan fingerprint density at radius 2 is 1.88 bits per heavy atom. The van der Waals surface area contributed by atoms with Crippen LogP contribution in [0.25, 0.3) is 16.9 Å². The Kier molecular flexibility index (Phi) is 3.60. The molecule has 0 unspecified atom stereocenters. The molecule has 1 N–H and O–H groups in total. The number of hydrogen-bond donors (Lipinski definition) is 1. The second-order valence-electron chi connectivity index (χ2n) is 6.78. The summed E-state index contributed by atoms with van der Waals surface area (Å²) in [5.74, 6) is 0.435. The Morgan fingerprint density at radius 3 is 2.52 bits per heavy atom. The van der Waals surface area contributed by atoms with Gasteiger partial charge in [-0.15, -0.1) is 23.2 Å². The van der Waals surface area contributed by atoms with E-state index in [0.717, 1.165) is 22.5 Å². The van der Waals surface area contributed by atoms with E-state index < -0.39 is 9.75 Å². The van der Waals surface area contributed by atoms with Crippen LogP contribution in [0.2, 0.25) is 0 Å². The van der Waals surface area contributed by atoms with Gasteiger partial charge in [0.15, 0.2) is 0 Å². The van der Waals surface area contributed by atoms with Crippen molar-refractivity contribution in [2.24, 2.45) is 5.41 Å². The molecule has 4 nitrogen and oxygen atoms in total. The van der Waals surface area contributed by atoms with Gasteiger partial charge in [-0.2, -0.15) is 0 Å². The molecule has 0 bridgehead atoms. The lowest BCUT2D eigenvalue weighted by molar-refractivity contribution is -0.120. The molecule has 2 heterocycles. The molecule has 0 spiro atoms. The van der Waals surface area contributed by atoms with E-state index in [9.17, 15) is 4.79 Å². The number of nitrogens with zero attached hydrogens (tertiary/aromatic N) is 2. The van der Waals surface area contributed by atoms with Crippen LogP contribution in [0, 0.1) is 12.3 Å². The summed E-state index contributed by atoms with van der Waals surface area (Å²) in [4.78, 5) is 17.5. The highest BCUT2D eigenvalue weighted by atomic mass is 35.5. The summed E-state index contributed by atoms with van der Waals surface area (Å²) in [6.45, 7) is 3.77. The third-order valence-electron chi connectivity index (χ3n) is 4.80. The first-order valence-electron chi connectivity index (χ1n) is 8.05. The van der Waals surface area contributed by atoms with Crippen LogP contribution in [0.1, 0.15) is 18.9 Å². The quantitative estimate of drug-likeness (QED) is 0.668. The van der Waals surface area contributed by atoms with E-state index in [1.54, 1.807) is 6.92 Å². The van der Waals surface area contributed by atoms with Gasteiger partial charge in [0.1, 0.15) is 21.5 Å². The first-order chi connectivity index (χ1) is 11.8. The topological polar surface area (TPSA) is 46.4 Å². The molecular weight excluding hydrogens is 357 g/mol. The molecule has 0 aliphatic heterocycles. The lowest BCUT2D eigenvalue weighted by Crippen LogP contribution is -2.26. The molecule has 1 amide bonds. The van der Waals surface area contributed by atoms with Crippen LogP contribution < -0.4 is 5.32 Å². The Morgan fingerprint density at radius 1 is 1.20 bits per heavy atom. The minimum atomic E-state index is -1.01. The number of imidazole rings is 1. The van der Waals surface area contributed by atoms with Crippen LogP contribution in [-0.2, 0) is 4.79 Å². The lowest BCUT2D eigenvalue weighted by atomic mass is 10.1. The van der Waals surface area contributed by atoms with Crippen molar-refractivity contribution in [1.29, 1.82) is 0 Å². The molecule has 0 saturated heterocycles. The maximum absolute atomic E-state index is 12.8. The Bertz CT molecular complexity index is 981. The molecule has 1 fully saturated rings. The predicted octanol–water partition coefficient (Wildman–Crippen LogP) is 4.83. The maximum atomic E-state index is 12.8. The molecule has 1 aliphatic carbocycles. The van der Waals surface area contributed by atoms with Crippen molar-refractivity contribution in [2.45, 2.75) is 24.6 Å². The Balaban J connectivity index is 1.83. The highest BCUT2D eigenvalue weighted by Gasteiger charge is 2.68. The molecule has 1 atom stereocenters. The molecule has 4 rings (SSSR count). The van der Waals surface area contributed by atoms with Crippen LogP contribution in [0.4, 0.5) is 5.82 Å². The number of amides is 1. The summed E-state index contributed by atoms with van der Waals surface area (Å²) in [7, 11) is 0. The summed E-state index contributed by atoms with van der Waals surface area (Å²) in [5, 5.41) is 3.01. The average molecular weight is 374 g/mol. The molecule has 128 valence electrons. The van der Waals surface area contributed by atoms with Crippen molar-refractivity contribution in [3.63, 3.8) is 0 Å². The lowest BCUT2D eigenvalue weighted by Gasteiger charge is -2.14. The van der Waals surface area contributed by atoms with Crippen molar-refractivity contribution < 1.29 is 4.79 Å². The summed E-state index contributed by atoms with van der Waals surface area (Å²) < 4.78 is 0.881. The van der Waals surface area contributed by atoms with E-state index in [0.29, 0.717) is 12.2 Å². The zero-order chi connectivity index (χ0) is 17.8. The number of nitrogens with one attached hydrogen (secondary N) is 1. The van der Waals surface area contributed by atoms with Crippen molar-refractivity contribution in [2.75, 3.05) is 5.32 Å². The minimum Gasteiger partial charge on any atom is -0.309 e. The smallest absolute Gasteiger partial charge is 0.234 e. The molecule has 25 heavy (non-hydrogen) atoms. The molecule has 2 aromatic heterocycles. The summed E-state index contributed by atoms with van der Waals surface area (Å²) >= 11 is 12.3. The third kappa shape index (κ3) is 2.60. The second-order valence-corrected chi connectivity index (χ2v) is 8.26. The Labute approximate surface area is 155 Å². The first-order valence-corrected chi connectivity index (χ1v) is 8.81. The first kappa shape index (κ1) is 16.4. The van der Waals surface area contributed by atoms with Crippen molar-refractivity contribution in [1.82, 2.24) is 9.38 Å². The number of carbonyl (C=O) groups is 1. The average Bonchev–Trinajstić information content (AvgIpc) is 2.94. The Hall–Kier alpha value is -2.04. The zero-order valence-corrected chi connectivity index (χ0v) is 15.4. The fourth-order valence-corrected chi connectivity index (χ4v) is 3.67. The van der Waals surface area contributed by atoms with Crippen LogP contribution in [0.3, 0.4) is 0 Å². The highest BCUT2D eigenvalue weighted by molar-refractivity contribution is 6.53. The number of aromatic nitrogens is 2. The van der Waals surface area contributed by atoms with Crippen molar-refractivity contribution >= 4 is 40.6 Å². The van der Waals surface area contributed by atoms with Gasteiger partial charge in [-0.05, 0) is 31.9 Å². The number of hydrogen-bond acceptors (Lipinski definition) is 2. The minimum absolute atomic E-state index is 0.196.